The fraction of sp³-hybridized carbons (Fsp3) is 0.400. The third-order valence-electron chi connectivity index (χ3n) is 1.96. The van der Waals surface area contributed by atoms with Crippen molar-refractivity contribution < 1.29 is 17.2 Å². The topological polar surface area (TPSA) is 34.1 Å². The lowest BCUT2D eigenvalue weighted by molar-refractivity contribution is 0.498. The van der Waals surface area contributed by atoms with Gasteiger partial charge in [0.25, 0.3) is 0 Å². The second-order valence-electron chi connectivity index (χ2n) is 3.61. The highest BCUT2D eigenvalue weighted by Gasteiger charge is 2.16. The van der Waals surface area contributed by atoms with Crippen molar-refractivity contribution in [3.8, 4) is 0 Å². The molecular formula is C10H11BrF2O2S. The Kier molecular flexibility index (Phi) is 4.43. The molecule has 0 aromatic heterocycles. The van der Waals surface area contributed by atoms with Gasteiger partial charge in [-0.25, -0.2) is 17.2 Å². The summed E-state index contributed by atoms with van der Waals surface area (Å²) < 4.78 is 48.1. The van der Waals surface area contributed by atoms with Gasteiger partial charge < -0.3 is 0 Å². The standard InChI is InChI=1S/C10H11BrF2O2S/c1-16(14,15)6-8(11)5-7-3-2-4-9(12)10(7)13/h2-4,8H,5-6H2,1H3. The molecule has 0 radical (unpaired) electrons. The van der Waals surface area contributed by atoms with Crippen LogP contribution in [-0.4, -0.2) is 25.3 Å². The molecule has 1 aromatic rings. The van der Waals surface area contributed by atoms with Crippen LogP contribution in [0.4, 0.5) is 8.78 Å². The Bertz CT molecular complexity index is 474. The van der Waals surface area contributed by atoms with Gasteiger partial charge in [-0.05, 0) is 18.1 Å². The number of hydrogen-bond donors (Lipinski definition) is 0. The Morgan fingerprint density at radius 1 is 1.38 bits per heavy atom. The van der Waals surface area contributed by atoms with Gasteiger partial charge in [-0.3, -0.25) is 0 Å². The number of benzene rings is 1. The summed E-state index contributed by atoms with van der Waals surface area (Å²) in [6, 6.07) is 3.86. The smallest absolute Gasteiger partial charge is 0.162 e. The van der Waals surface area contributed by atoms with Crippen LogP contribution in [0.3, 0.4) is 0 Å². The normalized spacial score (nSPS) is 13.8. The number of rotatable bonds is 4. The molecule has 16 heavy (non-hydrogen) atoms. The van der Waals surface area contributed by atoms with Gasteiger partial charge in [0.2, 0.25) is 0 Å². The molecule has 90 valence electrons. The summed E-state index contributed by atoms with van der Waals surface area (Å²) in [4.78, 5) is -0.418. The Morgan fingerprint density at radius 3 is 2.56 bits per heavy atom. The van der Waals surface area contributed by atoms with Crippen LogP contribution in [0.5, 0.6) is 0 Å². The summed E-state index contributed by atoms with van der Waals surface area (Å²) in [6.07, 6.45) is 1.24. The molecule has 0 spiro atoms. The van der Waals surface area contributed by atoms with Crippen molar-refractivity contribution in [1.82, 2.24) is 0 Å². The minimum atomic E-state index is -3.13. The molecule has 0 bridgehead atoms. The molecule has 0 fully saturated rings. The summed E-state index contributed by atoms with van der Waals surface area (Å²) in [5.74, 6) is -1.94. The van der Waals surface area contributed by atoms with Gasteiger partial charge in [-0.1, -0.05) is 28.1 Å². The molecule has 6 heteroatoms. The molecule has 0 saturated carbocycles. The van der Waals surface area contributed by atoms with Crippen molar-refractivity contribution in [3.05, 3.63) is 35.4 Å². The van der Waals surface area contributed by atoms with Crippen LogP contribution >= 0.6 is 15.9 Å². The van der Waals surface area contributed by atoms with Gasteiger partial charge in [0.15, 0.2) is 11.6 Å². The van der Waals surface area contributed by atoms with E-state index < -0.39 is 26.3 Å². The molecular weight excluding hydrogens is 302 g/mol. The third-order valence-corrected chi connectivity index (χ3v) is 4.04. The van der Waals surface area contributed by atoms with E-state index in [1.165, 1.54) is 12.1 Å². The zero-order valence-electron chi connectivity index (χ0n) is 8.58. The highest BCUT2D eigenvalue weighted by Crippen LogP contribution is 2.17. The molecule has 1 atom stereocenters. The summed E-state index contributed by atoms with van der Waals surface area (Å²) in [6.45, 7) is 0. The van der Waals surface area contributed by atoms with E-state index in [0.717, 1.165) is 12.3 Å². The Morgan fingerprint density at radius 2 is 2.00 bits per heavy atom. The maximum absolute atomic E-state index is 13.2. The minimum Gasteiger partial charge on any atom is -0.229 e. The SMILES string of the molecule is CS(=O)(=O)CC(Br)Cc1cccc(F)c1F. The molecule has 0 aliphatic heterocycles. The average Bonchev–Trinajstić information content (AvgIpc) is 2.09. The Labute approximate surface area is 102 Å². The second kappa shape index (κ2) is 5.23. The quantitative estimate of drug-likeness (QED) is 0.800. The highest BCUT2D eigenvalue weighted by molar-refractivity contribution is 9.09. The molecule has 0 heterocycles. The molecule has 0 N–H and O–H groups in total. The first-order valence-electron chi connectivity index (χ1n) is 4.54. The van der Waals surface area contributed by atoms with E-state index in [4.69, 9.17) is 0 Å². The van der Waals surface area contributed by atoms with Crippen LogP contribution in [0.1, 0.15) is 5.56 Å². The van der Waals surface area contributed by atoms with E-state index in [0.29, 0.717) is 0 Å². The average molecular weight is 313 g/mol. The molecule has 2 nitrogen and oxygen atoms in total. The maximum atomic E-state index is 13.2. The van der Waals surface area contributed by atoms with E-state index in [9.17, 15) is 17.2 Å². The third kappa shape index (κ3) is 4.17. The van der Waals surface area contributed by atoms with Crippen LogP contribution in [0.15, 0.2) is 18.2 Å². The van der Waals surface area contributed by atoms with Crippen molar-refractivity contribution in [2.75, 3.05) is 12.0 Å². The monoisotopic (exact) mass is 312 g/mol. The second-order valence-corrected chi connectivity index (χ2v) is 7.09. The lowest BCUT2D eigenvalue weighted by atomic mass is 10.1. The number of halogens is 3. The first-order valence-corrected chi connectivity index (χ1v) is 7.52. The zero-order chi connectivity index (χ0) is 12.3. The van der Waals surface area contributed by atoms with Crippen molar-refractivity contribution in [2.24, 2.45) is 0 Å². The van der Waals surface area contributed by atoms with E-state index in [1.54, 1.807) is 0 Å². The molecule has 0 aliphatic carbocycles. The fourth-order valence-electron chi connectivity index (χ4n) is 1.33. The summed E-state index contributed by atoms with van der Waals surface area (Å²) >= 11 is 3.14. The molecule has 1 unspecified atom stereocenters. The van der Waals surface area contributed by atoms with Crippen LogP contribution in [0, 0.1) is 11.6 Å². The molecule has 0 saturated heterocycles. The fourth-order valence-corrected chi connectivity index (χ4v) is 3.90. The zero-order valence-corrected chi connectivity index (χ0v) is 11.0. The van der Waals surface area contributed by atoms with Gasteiger partial charge in [-0.2, -0.15) is 0 Å². The van der Waals surface area contributed by atoms with Crippen molar-refractivity contribution >= 4 is 25.8 Å². The van der Waals surface area contributed by atoms with Crippen LogP contribution in [0.2, 0.25) is 0 Å². The first kappa shape index (κ1) is 13.6. The van der Waals surface area contributed by atoms with Crippen molar-refractivity contribution in [3.63, 3.8) is 0 Å². The van der Waals surface area contributed by atoms with Gasteiger partial charge in [0, 0.05) is 11.1 Å². The van der Waals surface area contributed by atoms with E-state index >= 15 is 0 Å². The largest absolute Gasteiger partial charge is 0.229 e. The first-order chi connectivity index (χ1) is 7.29. The molecule has 0 amide bonds. The van der Waals surface area contributed by atoms with Crippen LogP contribution in [-0.2, 0) is 16.3 Å². The van der Waals surface area contributed by atoms with Crippen molar-refractivity contribution in [2.45, 2.75) is 11.2 Å². The van der Waals surface area contributed by atoms with Gasteiger partial charge in [0.1, 0.15) is 9.84 Å². The summed E-state index contributed by atoms with van der Waals surface area (Å²) in [7, 11) is -3.13. The van der Waals surface area contributed by atoms with E-state index in [-0.39, 0.29) is 17.7 Å². The van der Waals surface area contributed by atoms with Crippen LogP contribution in [0.25, 0.3) is 0 Å². The Hall–Kier alpha value is -0.490. The van der Waals surface area contributed by atoms with Gasteiger partial charge in [0.05, 0.1) is 5.75 Å². The van der Waals surface area contributed by atoms with Crippen LogP contribution < -0.4 is 0 Å². The number of sulfone groups is 1. The summed E-state index contributed by atoms with van der Waals surface area (Å²) in [5, 5.41) is 0. The molecule has 0 aliphatic rings. The lowest BCUT2D eigenvalue weighted by Crippen LogP contribution is -2.17. The van der Waals surface area contributed by atoms with E-state index in [1.807, 2.05) is 0 Å². The lowest BCUT2D eigenvalue weighted by Gasteiger charge is -2.09. The van der Waals surface area contributed by atoms with E-state index in [2.05, 4.69) is 15.9 Å². The predicted molar refractivity (Wildman–Crippen MR) is 62.5 cm³/mol. The number of hydrogen-bond acceptors (Lipinski definition) is 2. The molecule has 1 aromatic carbocycles. The highest BCUT2D eigenvalue weighted by atomic mass is 79.9. The van der Waals surface area contributed by atoms with Gasteiger partial charge >= 0.3 is 0 Å². The van der Waals surface area contributed by atoms with Crippen molar-refractivity contribution in [1.29, 1.82) is 0 Å². The van der Waals surface area contributed by atoms with Gasteiger partial charge in [-0.15, -0.1) is 0 Å². The predicted octanol–water partition coefficient (Wildman–Crippen LogP) is 2.32. The maximum Gasteiger partial charge on any atom is 0.162 e. The number of alkyl halides is 1. The summed E-state index contributed by atoms with van der Waals surface area (Å²) in [5.41, 5.74) is 0.172. The Balaban J connectivity index is 2.77. The molecule has 1 rings (SSSR count). The minimum absolute atomic E-state index is 0.108.